The van der Waals surface area contributed by atoms with Gasteiger partial charge in [-0.05, 0) is 57.0 Å². The predicted octanol–water partition coefficient (Wildman–Crippen LogP) is 2.55. The number of aromatic nitrogens is 2. The van der Waals surface area contributed by atoms with Crippen molar-refractivity contribution in [2.45, 2.75) is 45.8 Å². The molecule has 0 bridgehead atoms. The lowest BCUT2D eigenvalue weighted by Crippen LogP contribution is -2.35. The second kappa shape index (κ2) is 8.12. The van der Waals surface area contributed by atoms with Gasteiger partial charge in [0.25, 0.3) is 5.56 Å². The molecule has 1 N–H and O–H groups in total. The van der Waals surface area contributed by atoms with Crippen molar-refractivity contribution >= 4 is 27.5 Å². The Bertz CT molecular complexity index is 1080. The monoisotopic (exact) mass is 414 g/mol. The maximum Gasteiger partial charge on any atom is 0.263 e. The Morgan fingerprint density at radius 3 is 3.00 bits per heavy atom. The molecule has 3 aromatic rings. The Morgan fingerprint density at radius 1 is 1.45 bits per heavy atom. The molecule has 0 fully saturated rings. The van der Waals surface area contributed by atoms with Crippen molar-refractivity contribution in [2.75, 3.05) is 14.1 Å². The Kier molecular flexibility index (Phi) is 5.56. The van der Waals surface area contributed by atoms with E-state index < -0.39 is 0 Å². The van der Waals surface area contributed by atoms with Crippen LogP contribution in [0.25, 0.3) is 10.2 Å². The molecule has 154 valence electrons. The van der Waals surface area contributed by atoms with Crippen molar-refractivity contribution in [3.63, 3.8) is 0 Å². The summed E-state index contributed by atoms with van der Waals surface area (Å²) in [6.45, 7) is 2.99. The molecule has 1 atom stereocenters. The highest BCUT2D eigenvalue weighted by Crippen LogP contribution is 2.35. The van der Waals surface area contributed by atoms with Crippen LogP contribution in [-0.4, -0.2) is 34.5 Å². The zero-order valence-electron chi connectivity index (χ0n) is 17.0. The summed E-state index contributed by atoms with van der Waals surface area (Å²) in [6, 6.07) is 3.58. The molecular weight excluding hydrogens is 388 g/mol. The van der Waals surface area contributed by atoms with E-state index in [0.717, 1.165) is 29.7 Å². The molecule has 4 rings (SSSR count). The van der Waals surface area contributed by atoms with E-state index in [1.165, 1.54) is 9.44 Å². The smallest absolute Gasteiger partial charge is 0.263 e. The van der Waals surface area contributed by atoms with Gasteiger partial charge in [0.05, 0.1) is 24.7 Å². The number of thiophene rings is 1. The van der Waals surface area contributed by atoms with Gasteiger partial charge in [0.2, 0.25) is 5.91 Å². The number of nitrogens with one attached hydrogen (secondary N) is 1. The van der Waals surface area contributed by atoms with Gasteiger partial charge in [0.15, 0.2) is 0 Å². The van der Waals surface area contributed by atoms with Crippen molar-refractivity contribution in [3.8, 4) is 0 Å². The number of furan rings is 1. The molecule has 0 spiro atoms. The van der Waals surface area contributed by atoms with E-state index in [-0.39, 0.29) is 18.0 Å². The van der Waals surface area contributed by atoms with E-state index in [4.69, 9.17) is 9.40 Å². The number of amides is 1. The maximum absolute atomic E-state index is 13.4. The van der Waals surface area contributed by atoms with Crippen molar-refractivity contribution in [2.24, 2.45) is 5.92 Å². The van der Waals surface area contributed by atoms with Gasteiger partial charge in [-0.3, -0.25) is 14.2 Å². The van der Waals surface area contributed by atoms with Crippen LogP contribution in [0.15, 0.2) is 27.6 Å². The van der Waals surface area contributed by atoms with E-state index in [1.807, 2.05) is 19.0 Å². The molecule has 1 aliphatic rings. The first kappa shape index (κ1) is 19.8. The van der Waals surface area contributed by atoms with Crippen LogP contribution in [0.4, 0.5) is 0 Å². The lowest BCUT2D eigenvalue weighted by atomic mass is 9.89. The molecule has 3 aromatic heterocycles. The number of carbonyl (C=O) groups excluding carboxylic acids is 1. The molecule has 0 saturated heterocycles. The minimum absolute atomic E-state index is 0.0489. The minimum atomic E-state index is -0.234. The number of rotatable bonds is 6. The number of carbonyl (C=O) groups is 1. The van der Waals surface area contributed by atoms with Crippen LogP contribution in [0.2, 0.25) is 0 Å². The number of nitrogens with zero attached hydrogens (tertiary/aromatic N) is 3. The molecule has 29 heavy (non-hydrogen) atoms. The molecule has 3 heterocycles. The fourth-order valence-electron chi connectivity index (χ4n) is 3.83. The summed E-state index contributed by atoms with van der Waals surface area (Å²) in [5, 5.41) is 3.53. The first-order valence-electron chi connectivity index (χ1n) is 9.90. The average Bonchev–Trinajstić information content (AvgIpc) is 3.29. The van der Waals surface area contributed by atoms with Crippen LogP contribution < -0.4 is 10.9 Å². The Hall–Kier alpha value is -2.45. The number of aryl methyl sites for hydroxylation is 1. The highest BCUT2D eigenvalue weighted by atomic mass is 32.1. The minimum Gasteiger partial charge on any atom is -0.467 e. The van der Waals surface area contributed by atoms with E-state index in [9.17, 15) is 9.59 Å². The topological polar surface area (TPSA) is 80.4 Å². The van der Waals surface area contributed by atoms with Crippen LogP contribution in [0.3, 0.4) is 0 Å². The van der Waals surface area contributed by atoms with Gasteiger partial charge >= 0.3 is 0 Å². The lowest BCUT2D eigenvalue weighted by molar-refractivity contribution is -0.122. The van der Waals surface area contributed by atoms with E-state index in [1.54, 1.807) is 29.7 Å². The summed E-state index contributed by atoms with van der Waals surface area (Å²) in [7, 11) is 3.86. The van der Waals surface area contributed by atoms with Crippen LogP contribution in [-0.2, 0) is 37.3 Å². The standard InChI is InChI=1S/C21H26N4O3S/c1-13-6-7-15-16(9-13)29-20-19(15)21(27)25(17(23-20)11-24(2)3)12-18(26)22-10-14-5-4-8-28-14/h4-5,8,13H,6-7,9-12H2,1-3H3,(H,22,26). The van der Waals surface area contributed by atoms with E-state index in [0.29, 0.717) is 36.0 Å². The Balaban J connectivity index is 1.69. The molecule has 0 aromatic carbocycles. The maximum atomic E-state index is 13.4. The summed E-state index contributed by atoms with van der Waals surface area (Å²) >= 11 is 1.64. The number of hydrogen-bond acceptors (Lipinski definition) is 6. The SMILES string of the molecule is CC1CCc2c(sc3nc(CN(C)C)n(CC(=O)NCc4ccco4)c(=O)c23)C1. The number of fused-ring (bicyclic) bond motifs is 3. The fraction of sp³-hybridized carbons (Fsp3) is 0.476. The van der Waals surface area contributed by atoms with Gasteiger partial charge in [-0.25, -0.2) is 4.98 Å². The van der Waals surface area contributed by atoms with E-state index >= 15 is 0 Å². The van der Waals surface area contributed by atoms with Gasteiger partial charge in [0.1, 0.15) is 23.0 Å². The summed E-state index contributed by atoms with van der Waals surface area (Å²) in [5.74, 6) is 1.69. The van der Waals surface area contributed by atoms with Gasteiger partial charge in [-0.1, -0.05) is 6.92 Å². The Labute approximate surface area is 173 Å². The molecule has 0 aliphatic heterocycles. The third-order valence-corrected chi connectivity index (χ3v) is 6.44. The first-order chi connectivity index (χ1) is 13.9. The molecule has 1 aliphatic carbocycles. The van der Waals surface area contributed by atoms with Gasteiger partial charge in [-0.15, -0.1) is 11.3 Å². The van der Waals surface area contributed by atoms with Crippen LogP contribution in [0, 0.1) is 5.92 Å². The van der Waals surface area contributed by atoms with Gasteiger partial charge in [-0.2, -0.15) is 0 Å². The van der Waals surface area contributed by atoms with Crippen molar-refractivity contribution in [1.82, 2.24) is 19.8 Å². The third-order valence-electron chi connectivity index (χ3n) is 5.29. The molecule has 1 unspecified atom stereocenters. The zero-order valence-corrected chi connectivity index (χ0v) is 17.8. The summed E-state index contributed by atoms with van der Waals surface area (Å²) < 4.78 is 6.78. The van der Waals surface area contributed by atoms with E-state index in [2.05, 4.69) is 12.2 Å². The highest BCUT2D eigenvalue weighted by molar-refractivity contribution is 7.18. The predicted molar refractivity (Wildman–Crippen MR) is 113 cm³/mol. The third kappa shape index (κ3) is 4.13. The van der Waals surface area contributed by atoms with Crippen molar-refractivity contribution < 1.29 is 9.21 Å². The second-order valence-corrected chi connectivity index (χ2v) is 9.13. The van der Waals surface area contributed by atoms with Crippen LogP contribution >= 0.6 is 11.3 Å². The molecule has 7 nitrogen and oxygen atoms in total. The molecular formula is C21H26N4O3S. The second-order valence-electron chi connectivity index (χ2n) is 8.05. The van der Waals surface area contributed by atoms with Crippen molar-refractivity contribution in [3.05, 3.63) is 50.8 Å². The molecule has 0 saturated carbocycles. The lowest BCUT2D eigenvalue weighted by Gasteiger charge is -2.18. The molecule has 8 heteroatoms. The largest absolute Gasteiger partial charge is 0.467 e. The normalized spacial score (nSPS) is 16.3. The van der Waals surface area contributed by atoms with Gasteiger partial charge < -0.3 is 14.6 Å². The van der Waals surface area contributed by atoms with Crippen molar-refractivity contribution in [1.29, 1.82) is 0 Å². The average molecular weight is 415 g/mol. The molecule has 1 amide bonds. The first-order valence-corrected chi connectivity index (χ1v) is 10.7. The zero-order chi connectivity index (χ0) is 20.5. The van der Waals surface area contributed by atoms with Gasteiger partial charge in [0, 0.05) is 4.88 Å². The summed E-state index contributed by atoms with van der Waals surface area (Å²) in [4.78, 5) is 34.8. The summed E-state index contributed by atoms with van der Waals surface area (Å²) in [5.41, 5.74) is 1.04. The highest BCUT2D eigenvalue weighted by Gasteiger charge is 2.25. The van der Waals surface area contributed by atoms with Crippen LogP contribution in [0.1, 0.15) is 35.4 Å². The molecule has 0 radical (unpaired) electrons. The fourth-order valence-corrected chi connectivity index (χ4v) is 5.22. The Morgan fingerprint density at radius 2 is 2.28 bits per heavy atom. The van der Waals surface area contributed by atoms with Crippen LogP contribution in [0.5, 0.6) is 0 Å². The summed E-state index contributed by atoms with van der Waals surface area (Å²) in [6.07, 6.45) is 4.56. The quantitative estimate of drug-likeness (QED) is 0.671. The number of hydrogen-bond donors (Lipinski definition) is 1.